The monoisotopic (exact) mass is 614 g/mol. The minimum atomic E-state index is -3.94. The molecular formula is C30H33ClF2N6O2S. The van der Waals surface area contributed by atoms with Gasteiger partial charge in [-0.2, -0.15) is 0 Å². The third-order valence-electron chi connectivity index (χ3n) is 7.31. The average molecular weight is 615 g/mol. The standard InChI is InChI=1S/C30H33ClF2N6O2S/c1-18(2)30-37-27(28-29(34)36-16-26(39(28)30)19-7-10-22(11-8-19)35-14-13-32)20-9-12-25(24(33)15-20)38-42(40,41)17-21-5-3-4-6-23(21)31/h3-7,9,12,15-16,18,22,35,38H,8,10-11,13-14,17H2,1-2H3,(H2,34,36). The van der Waals surface area contributed by atoms with E-state index in [1.165, 1.54) is 12.1 Å². The van der Waals surface area contributed by atoms with Crippen LogP contribution in [0.2, 0.25) is 5.02 Å². The highest BCUT2D eigenvalue weighted by Gasteiger charge is 2.25. The van der Waals surface area contributed by atoms with E-state index in [1.54, 1.807) is 36.5 Å². The number of rotatable bonds is 10. The van der Waals surface area contributed by atoms with Crippen LogP contribution in [-0.2, 0) is 15.8 Å². The van der Waals surface area contributed by atoms with Gasteiger partial charge >= 0.3 is 0 Å². The van der Waals surface area contributed by atoms with Crippen LogP contribution in [0.15, 0.2) is 54.7 Å². The summed E-state index contributed by atoms with van der Waals surface area (Å²) in [6.45, 7) is 3.97. The maximum Gasteiger partial charge on any atom is 0.237 e. The number of allylic oxidation sites excluding steroid dienone is 1. The fourth-order valence-electron chi connectivity index (χ4n) is 5.26. The second kappa shape index (κ2) is 12.4. The number of imidazole rings is 1. The number of hydrogen-bond acceptors (Lipinski definition) is 6. The van der Waals surface area contributed by atoms with Crippen LogP contribution in [0.1, 0.15) is 56.1 Å². The Morgan fingerprint density at radius 3 is 2.67 bits per heavy atom. The third-order valence-corrected chi connectivity index (χ3v) is 8.90. The van der Waals surface area contributed by atoms with E-state index < -0.39 is 28.3 Å². The van der Waals surface area contributed by atoms with E-state index in [4.69, 9.17) is 22.3 Å². The van der Waals surface area contributed by atoms with Crippen LogP contribution in [-0.4, -0.2) is 42.0 Å². The van der Waals surface area contributed by atoms with E-state index in [-0.39, 0.29) is 23.5 Å². The van der Waals surface area contributed by atoms with Crippen LogP contribution in [0.25, 0.3) is 22.3 Å². The predicted octanol–water partition coefficient (Wildman–Crippen LogP) is 6.33. The van der Waals surface area contributed by atoms with E-state index in [0.717, 1.165) is 36.4 Å². The molecule has 222 valence electrons. The smallest absolute Gasteiger partial charge is 0.237 e. The van der Waals surface area contributed by atoms with Crippen LogP contribution in [0.3, 0.4) is 0 Å². The van der Waals surface area contributed by atoms with Gasteiger partial charge < -0.3 is 11.1 Å². The van der Waals surface area contributed by atoms with Crippen molar-refractivity contribution in [1.82, 2.24) is 19.7 Å². The fraction of sp³-hybridized carbons (Fsp3) is 0.333. The quantitative estimate of drug-likeness (QED) is 0.192. The Bertz CT molecular complexity index is 1760. The van der Waals surface area contributed by atoms with Crippen molar-refractivity contribution < 1.29 is 17.2 Å². The predicted molar refractivity (Wildman–Crippen MR) is 164 cm³/mol. The molecule has 0 amide bonds. The van der Waals surface area contributed by atoms with Crippen LogP contribution >= 0.6 is 11.6 Å². The maximum atomic E-state index is 15.4. The van der Waals surface area contributed by atoms with Crippen LogP contribution in [0, 0.1) is 5.82 Å². The molecule has 1 aliphatic carbocycles. The Morgan fingerprint density at radius 1 is 1.21 bits per heavy atom. The van der Waals surface area contributed by atoms with E-state index in [1.807, 2.05) is 18.2 Å². The molecule has 2 aromatic heterocycles. The van der Waals surface area contributed by atoms with Gasteiger partial charge in [-0.05, 0) is 48.6 Å². The van der Waals surface area contributed by atoms with Crippen molar-refractivity contribution in [3.05, 3.63) is 82.7 Å². The van der Waals surface area contributed by atoms with Crippen LogP contribution in [0.4, 0.5) is 20.3 Å². The number of nitrogen functional groups attached to an aromatic ring is 1. The molecule has 0 radical (unpaired) electrons. The number of nitrogens with one attached hydrogen (secondary N) is 2. The molecule has 0 saturated heterocycles. The lowest BCUT2D eigenvalue weighted by molar-refractivity contribution is 0.415. The highest BCUT2D eigenvalue weighted by Crippen LogP contribution is 2.36. The first-order valence-electron chi connectivity index (χ1n) is 13.8. The summed E-state index contributed by atoms with van der Waals surface area (Å²) in [6, 6.07) is 11.0. The molecule has 5 rings (SSSR count). The molecule has 0 aliphatic heterocycles. The van der Waals surface area contributed by atoms with Gasteiger partial charge in [-0.1, -0.05) is 55.8 Å². The van der Waals surface area contributed by atoms with E-state index in [9.17, 15) is 12.8 Å². The van der Waals surface area contributed by atoms with Crippen molar-refractivity contribution in [3.63, 3.8) is 0 Å². The van der Waals surface area contributed by atoms with Gasteiger partial charge in [0.1, 0.15) is 35.3 Å². The normalized spacial score (nSPS) is 15.8. The van der Waals surface area contributed by atoms with Crippen molar-refractivity contribution in [2.75, 3.05) is 23.7 Å². The number of hydrogen-bond donors (Lipinski definition) is 3. The van der Waals surface area contributed by atoms with Gasteiger partial charge in [-0.25, -0.2) is 27.2 Å². The number of benzene rings is 2. The van der Waals surface area contributed by atoms with E-state index in [0.29, 0.717) is 33.9 Å². The number of aromatic nitrogens is 3. The molecule has 1 unspecified atom stereocenters. The summed E-state index contributed by atoms with van der Waals surface area (Å²) in [5, 5.41) is 3.54. The van der Waals surface area contributed by atoms with Gasteiger partial charge in [0, 0.05) is 29.1 Å². The Labute approximate surface area is 249 Å². The largest absolute Gasteiger partial charge is 0.382 e. The topological polar surface area (TPSA) is 114 Å². The minimum absolute atomic E-state index is 0.00991. The maximum absolute atomic E-state index is 15.4. The third kappa shape index (κ3) is 6.28. The average Bonchev–Trinajstić information content (AvgIpc) is 3.37. The zero-order valence-electron chi connectivity index (χ0n) is 23.4. The number of fused-ring (bicyclic) bond motifs is 1. The van der Waals surface area contributed by atoms with Crippen molar-refractivity contribution in [2.45, 2.75) is 50.8 Å². The first-order valence-corrected chi connectivity index (χ1v) is 15.8. The molecule has 0 saturated carbocycles. The highest BCUT2D eigenvalue weighted by molar-refractivity contribution is 7.91. The second-order valence-corrected chi connectivity index (χ2v) is 12.8. The molecular weight excluding hydrogens is 582 g/mol. The van der Waals surface area contributed by atoms with E-state index in [2.05, 4.69) is 21.1 Å². The van der Waals surface area contributed by atoms with Crippen molar-refractivity contribution in [1.29, 1.82) is 0 Å². The molecule has 42 heavy (non-hydrogen) atoms. The summed E-state index contributed by atoms with van der Waals surface area (Å²) in [6.07, 6.45) is 6.26. The number of sulfonamides is 1. The lowest BCUT2D eigenvalue weighted by Crippen LogP contribution is -2.32. The van der Waals surface area contributed by atoms with Gasteiger partial charge in [0.2, 0.25) is 10.0 Å². The minimum Gasteiger partial charge on any atom is -0.382 e. The summed E-state index contributed by atoms with van der Waals surface area (Å²) in [4.78, 5) is 9.34. The number of nitrogens with two attached hydrogens (primary N) is 1. The zero-order valence-corrected chi connectivity index (χ0v) is 24.9. The number of alkyl halides is 1. The lowest BCUT2D eigenvalue weighted by Gasteiger charge is -2.24. The first-order chi connectivity index (χ1) is 20.1. The summed E-state index contributed by atoms with van der Waals surface area (Å²) in [5.41, 5.74) is 10.00. The number of nitrogens with zero attached hydrogens (tertiary/aromatic N) is 3. The molecule has 0 spiro atoms. The SMILES string of the molecule is CC(C)c1nc(-c2ccc(NS(=O)(=O)Cc3ccccc3Cl)c(F)c2)c2c(N)ncc(C3=CCC(NCCF)CC3)n12. The zero-order chi connectivity index (χ0) is 30.0. The van der Waals surface area contributed by atoms with Gasteiger partial charge in [0.25, 0.3) is 0 Å². The molecule has 4 aromatic rings. The van der Waals surface area contributed by atoms with Gasteiger partial charge in [-0.15, -0.1) is 0 Å². The Balaban J connectivity index is 1.50. The molecule has 2 aromatic carbocycles. The Hall–Kier alpha value is -3.54. The Morgan fingerprint density at radius 2 is 2.00 bits per heavy atom. The molecule has 1 atom stereocenters. The highest BCUT2D eigenvalue weighted by atomic mass is 35.5. The second-order valence-electron chi connectivity index (χ2n) is 10.7. The molecule has 12 heteroatoms. The van der Waals surface area contributed by atoms with Gasteiger partial charge in [0.15, 0.2) is 0 Å². The van der Waals surface area contributed by atoms with Crippen molar-refractivity contribution in [3.8, 4) is 11.3 Å². The summed E-state index contributed by atoms with van der Waals surface area (Å²) in [5.74, 6) is -0.155. The molecule has 2 heterocycles. The van der Waals surface area contributed by atoms with Gasteiger partial charge in [-0.3, -0.25) is 9.12 Å². The first kappa shape index (κ1) is 29.9. The summed E-state index contributed by atoms with van der Waals surface area (Å²) in [7, 11) is -3.94. The Kier molecular flexibility index (Phi) is 8.81. The fourth-order valence-corrected chi connectivity index (χ4v) is 6.78. The summed E-state index contributed by atoms with van der Waals surface area (Å²) >= 11 is 6.11. The molecule has 8 nitrogen and oxygen atoms in total. The molecule has 4 N–H and O–H groups in total. The lowest BCUT2D eigenvalue weighted by atomic mass is 9.93. The number of anilines is 2. The number of halogens is 3. The van der Waals surface area contributed by atoms with Gasteiger partial charge in [0.05, 0.1) is 23.3 Å². The van der Waals surface area contributed by atoms with Crippen molar-refractivity contribution >= 4 is 44.2 Å². The molecule has 0 fully saturated rings. The van der Waals surface area contributed by atoms with Crippen LogP contribution < -0.4 is 15.8 Å². The molecule has 1 aliphatic rings. The summed E-state index contributed by atoms with van der Waals surface area (Å²) < 4.78 is 57.9. The van der Waals surface area contributed by atoms with Crippen molar-refractivity contribution in [2.24, 2.45) is 0 Å². The van der Waals surface area contributed by atoms with Crippen LogP contribution in [0.5, 0.6) is 0 Å². The molecule has 0 bridgehead atoms. The van der Waals surface area contributed by atoms with E-state index >= 15 is 4.39 Å².